The van der Waals surface area contributed by atoms with Crippen LogP contribution >= 0.6 is 0 Å². The van der Waals surface area contributed by atoms with Gasteiger partial charge in [-0.3, -0.25) is 0 Å². The first kappa shape index (κ1) is 12.2. The molecule has 0 saturated heterocycles. The van der Waals surface area contributed by atoms with Crippen LogP contribution in [0.5, 0.6) is 0 Å². The molecule has 0 radical (unpaired) electrons. The van der Waals surface area contributed by atoms with Gasteiger partial charge in [0.15, 0.2) is 0 Å². The molecule has 1 heteroatoms. The highest BCUT2D eigenvalue weighted by Gasteiger charge is 2.29. The van der Waals surface area contributed by atoms with Gasteiger partial charge in [-0.2, -0.15) is 0 Å². The fourth-order valence-electron chi connectivity index (χ4n) is 2.34. The summed E-state index contributed by atoms with van der Waals surface area (Å²) in [6.45, 7) is 2.15. The average Bonchev–Trinajstić information content (AvgIpc) is 2.77. The molecule has 0 amide bonds. The maximum absolute atomic E-state index is 10.1. The van der Waals surface area contributed by atoms with Crippen molar-refractivity contribution in [2.45, 2.75) is 51.0 Å². The summed E-state index contributed by atoms with van der Waals surface area (Å²) in [5.74, 6) is 6.26. The Labute approximate surface area is 104 Å². The van der Waals surface area contributed by atoms with Crippen molar-refractivity contribution in [3.63, 3.8) is 0 Å². The van der Waals surface area contributed by atoms with Crippen LogP contribution in [-0.4, -0.2) is 10.7 Å². The zero-order valence-electron chi connectivity index (χ0n) is 10.5. The molecule has 1 aliphatic rings. The van der Waals surface area contributed by atoms with E-state index < -0.39 is 5.60 Å². The molecule has 0 aromatic heterocycles. The van der Waals surface area contributed by atoms with Gasteiger partial charge in [-0.1, -0.05) is 43.7 Å². The van der Waals surface area contributed by atoms with Crippen LogP contribution in [0.2, 0.25) is 0 Å². The van der Waals surface area contributed by atoms with Crippen LogP contribution in [0.3, 0.4) is 0 Å². The summed E-state index contributed by atoms with van der Waals surface area (Å²) < 4.78 is 0. The van der Waals surface area contributed by atoms with Crippen molar-refractivity contribution in [1.82, 2.24) is 0 Å². The van der Waals surface area contributed by atoms with Crippen molar-refractivity contribution >= 4 is 0 Å². The smallest absolute Gasteiger partial charge is 0.0756 e. The SMILES string of the molecule is CCc1ccc(C#CCC2(O)CCCC2)cc1. The van der Waals surface area contributed by atoms with Gasteiger partial charge in [0.05, 0.1) is 5.60 Å². The molecule has 2 rings (SSSR count). The Bertz CT molecular complexity index is 413. The summed E-state index contributed by atoms with van der Waals surface area (Å²) in [5.41, 5.74) is 1.88. The Kier molecular flexibility index (Phi) is 3.86. The van der Waals surface area contributed by atoms with Gasteiger partial charge in [-0.25, -0.2) is 0 Å². The van der Waals surface area contributed by atoms with E-state index in [9.17, 15) is 5.11 Å². The van der Waals surface area contributed by atoms with Crippen molar-refractivity contribution in [3.05, 3.63) is 35.4 Å². The van der Waals surface area contributed by atoms with Gasteiger partial charge in [-0.05, 0) is 37.0 Å². The summed E-state index contributed by atoms with van der Waals surface area (Å²) in [6.07, 6.45) is 5.79. The number of rotatable bonds is 2. The molecular weight excluding hydrogens is 208 g/mol. The van der Waals surface area contributed by atoms with E-state index in [0.717, 1.165) is 37.7 Å². The second-order valence-electron chi connectivity index (χ2n) is 4.96. The predicted octanol–water partition coefficient (Wildman–Crippen LogP) is 3.30. The maximum Gasteiger partial charge on any atom is 0.0756 e. The third-order valence-electron chi connectivity index (χ3n) is 3.55. The number of hydrogen-bond acceptors (Lipinski definition) is 1. The minimum atomic E-state index is -0.504. The first-order valence-electron chi connectivity index (χ1n) is 6.52. The molecule has 1 N–H and O–H groups in total. The second-order valence-corrected chi connectivity index (χ2v) is 4.96. The molecule has 1 aromatic rings. The van der Waals surface area contributed by atoms with E-state index in [2.05, 4.69) is 43.0 Å². The molecule has 1 aliphatic carbocycles. The second kappa shape index (κ2) is 5.38. The maximum atomic E-state index is 10.1. The van der Waals surface area contributed by atoms with Crippen LogP contribution in [0.4, 0.5) is 0 Å². The first-order valence-corrected chi connectivity index (χ1v) is 6.52. The Morgan fingerprint density at radius 3 is 2.41 bits per heavy atom. The van der Waals surface area contributed by atoms with E-state index >= 15 is 0 Å². The van der Waals surface area contributed by atoms with Crippen molar-refractivity contribution in [2.24, 2.45) is 0 Å². The topological polar surface area (TPSA) is 20.2 Å². The molecule has 0 heterocycles. The minimum absolute atomic E-state index is 0.504. The van der Waals surface area contributed by atoms with Crippen molar-refractivity contribution in [3.8, 4) is 11.8 Å². The first-order chi connectivity index (χ1) is 8.22. The van der Waals surface area contributed by atoms with Crippen molar-refractivity contribution in [1.29, 1.82) is 0 Å². The largest absolute Gasteiger partial charge is 0.389 e. The lowest BCUT2D eigenvalue weighted by atomic mass is 9.98. The molecule has 0 unspecified atom stereocenters. The van der Waals surface area contributed by atoms with Crippen LogP contribution in [0.25, 0.3) is 0 Å². The number of benzene rings is 1. The fraction of sp³-hybridized carbons (Fsp3) is 0.500. The number of aryl methyl sites for hydroxylation is 1. The van der Waals surface area contributed by atoms with Gasteiger partial charge >= 0.3 is 0 Å². The normalized spacial score (nSPS) is 17.5. The molecule has 17 heavy (non-hydrogen) atoms. The van der Waals surface area contributed by atoms with Gasteiger partial charge in [0.2, 0.25) is 0 Å². The van der Waals surface area contributed by atoms with Crippen LogP contribution in [0, 0.1) is 11.8 Å². The molecule has 1 fully saturated rings. The van der Waals surface area contributed by atoms with Crippen LogP contribution in [0.1, 0.15) is 50.2 Å². The van der Waals surface area contributed by atoms with E-state index in [1.54, 1.807) is 0 Å². The Morgan fingerprint density at radius 2 is 1.82 bits per heavy atom. The average molecular weight is 228 g/mol. The molecule has 1 aromatic carbocycles. The third-order valence-corrected chi connectivity index (χ3v) is 3.55. The van der Waals surface area contributed by atoms with E-state index in [1.807, 2.05) is 0 Å². The van der Waals surface area contributed by atoms with E-state index in [4.69, 9.17) is 0 Å². The highest BCUT2D eigenvalue weighted by molar-refractivity contribution is 5.36. The summed E-state index contributed by atoms with van der Waals surface area (Å²) in [6, 6.07) is 8.36. The van der Waals surface area contributed by atoms with Crippen LogP contribution < -0.4 is 0 Å². The van der Waals surface area contributed by atoms with E-state index in [-0.39, 0.29) is 0 Å². The standard InChI is InChI=1S/C16H20O/c1-2-14-7-9-15(10-8-14)6-5-13-16(17)11-3-4-12-16/h7-10,17H,2-4,11-13H2,1H3. The minimum Gasteiger partial charge on any atom is -0.389 e. The summed E-state index contributed by atoms with van der Waals surface area (Å²) >= 11 is 0. The van der Waals surface area contributed by atoms with Crippen LogP contribution in [-0.2, 0) is 6.42 Å². The summed E-state index contributed by atoms with van der Waals surface area (Å²) in [5, 5.41) is 10.1. The van der Waals surface area contributed by atoms with Crippen LogP contribution in [0.15, 0.2) is 24.3 Å². The van der Waals surface area contributed by atoms with Crippen molar-refractivity contribution in [2.75, 3.05) is 0 Å². The lowest BCUT2D eigenvalue weighted by Gasteiger charge is -2.17. The Balaban J connectivity index is 1.96. The Morgan fingerprint density at radius 1 is 1.18 bits per heavy atom. The van der Waals surface area contributed by atoms with Gasteiger partial charge in [0, 0.05) is 12.0 Å². The molecule has 0 aliphatic heterocycles. The van der Waals surface area contributed by atoms with Crippen molar-refractivity contribution < 1.29 is 5.11 Å². The highest BCUT2D eigenvalue weighted by atomic mass is 16.3. The van der Waals surface area contributed by atoms with E-state index in [1.165, 1.54) is 5.56 Å². The monoisotopic (exact) mass is 228 g/mol. The van der Waals surface area contributed by atoms with Gasteiger partial charge < -0.3 is 5.11 Å². The molecule has 0 bridgehead atoms. The summed E-state index contributed by atoms with van der Waals surface area (Å²) in [7, 11) is 0. The zero-order valence-corrected chi connectivity index (χ0v) is 10.5. The molecule has 0 spiro atoms. The number of hydrogen-bond donors (Lipinski definition) is 1. The number of aliphatic hydroxyl groups is 1. The fourth-order valence-corrected chi connectivity index (χ4v) is 2.34. The highest BCUT2D eigenvalue weighted by Crippen LogP contribution is 2.31. The van der Waals surface area contributed by atoms with Gasteiger partial charge in [0.1, 0.15) is 0 Å². The molecule has 1 saturated carbocycles. The third kappa shape index (κ3) is 3.35. The van der Waals surface area contributed by atoms with E-state index in [0.29, 0.717) is 6.42 Å². The lowest BCUT2D eigenvalue weighted by molar-refractivity contribution is 0.0532. The summed E-state index contributed by atoms with van der Waals surface area (Å²) in [4.78, 5) is 0. The lowest BCUT2D eigenvalue weighted by Crippen LogP contribution is -2.22. The Hall–Kier alpha value is -1.26. The zero-order chi connectivity index (χ0) is 12.1. The van der Waals surface area contributed by atoms with Gasteiger partial charge in [-0.15, -0.1) is 0 Å². The molecule has 90 valence electrons. The quantitative estimate of drug-likeness (QED) is 0.770. The van der Waals surface area contributed by atoms with Gasteiger partial charge in [0.25, 0.3) is 0 Å². The molecule has 1 nitrogen and oxygen atoms in total. The predicted molar refractivity (Wildman–Crippen MR) is 70.7 cm³/mol. The molecule has 0 atom stereocenters. The molecular formula is C16H20O.